The number of hydrogen-bond acceptors (Lipinski definition) is 4. The van der Waals surface area contributed by atoms with Crippen molar-refractivity contribution in [1.29, 1.82) is 0 Å². The average molecular weight is 223 g/mol. The van der Waals surface area contributed by atoms with Crippen molar-refractivity contribution in [1.82, 2.24) is 10.0 Å². The number of carbonyl (C=O) groups excluding carboxylic acids is 1. The highest BCUT2D eigenvalue weighted by Gasteiger charge is 2.11. The highest BCUT2D eigenvalue weighted by Crippen LogP contribution is 1.90. The maximum Gasteiger partial charge on any atom is 0.224 e. The lowest BCUT2D eigenvalue weighted by Crippen LogP contribution is -2.37. The molecule has 0 aromatic carbocycles. The second-order valence-corrected chi connectivity index (χ2v) is 5.00. The Kier molecular flexibility index (Phi) is 5.66. The van der Waals surface area contributed by atoms with E-state index in [2.05, 4.69) is 10.0 Å². The lowest BCUT2D eigenvalue weighted by Gasteiger charge is -2.09. The molecule has 0 bridgehead atoms. The second kappa shape index (κ2) is 5.94. The van der Waals surface area contributed by atoms with Crippen molar-refractivity contribution in [2.24, 2.45) is 11.7 Å². The van der Waals surface area contributed by atoms with E-state index in [4.69, 9.17) is 5.73 Å². The lowest BCUT2D eigenvalue weighted by molar-refractivity contribution is -0.124. The van der Waals surface area contributed by atoms with Crippen LogP contribution >= 0.6 is 0 Å². The molecule has 0 saturated carbocycles. The Labute approximate surface area is 84.3 Å². The fraction of sp³-hybridized carbons (Fsp3) is 0.857. The van der Waals surface area contributed by atoms with Gasteiger partial charge in [-0.05, 0) is 7.05 Å². The van der Waals surface area contributed by atoms with Gasteiger partial charge in [-0.15, -0.1) is 0 Å². The van der Waals surface area contributed by atoms with E-state index in [0.717, 1.165) is 0 Å². The zero-order chi connectivity index (χ0) is 11.2. The van der Waals surface area contributed by atoms with Crippen molar-refractivity contribution in [2.75, 3.05) is 25.9 Å². The van der Waals surface area contributed by atoms with Crippen LogP contribution in [0.2, 0.25) is 0 Å². The van der Waals surface area contributed by atoms with Crippen molar-refractivity contribution in [3.63, 3.8) is 0 Å². The molecule has 0 radical (unpaired) electrons. The van der Waals surface area contributed by atoms with Crippen LogP contribution in [0.1, 0.15) is 6.92 Å². The first-order chi connectivity index (χ1) is 6.43. The van der Waals surface area contributed by atoms with Gasteiger partial charge in [-0.3, -0.25) is 4.79 Å². The Morgan fingerprint density at radius 1 is 1.50 bits per heavy atom. The van der Waals surface area contributed by atoms with Crippen LogP contribution in [-0.4, -0.2) is 40.2 Å². The first kappa shape index (κ1) is 13.3. The van der Waals surface area contributed by atoms with Crippen LogP contribution in [0.3, 0.4) is 0 Å². The van der Waals surface area contributed by atoms with E-state index in [1.165, 1.54) is 7.05 Å². The van der Waals surface area contributed by atoms with Gasteiger partial charge in [0.15, 0.2) is 0 Å². The van der Waals surface area contributed by atoms with Crippen LogP contribution in [-0.2, 0) is 14.8 Å². The molecule has 1 unspecified atom stereocenters. The van der Waals surface area contributed by atoms with E-state index in [1.54, 1.807) is 6.92 Å². The van der Waals surface area contributed by atoms with Crippen molar-refractivity contribution in [2.45, 2.75) is 6.92 Å². The Bertz CT molecular complexity index is 276. The highest BCUT2D eigenvalue weighted by atomic mass is 32.2. The van der Waals surface area contributed by atoms with Crippen LogP contribution in [0.25, 0.3) is 0 Å². The van der Waals surface area contributed by atoms with E-state index >= 15 is 0 Å². The van der Waals surface area contributed by atoms with Gasteiger partial charge in [0, 0.05) is 19.0 Å². The minimum absolute atomic E-state index is 0.104. The third-order valence-corrected chi connectivity index (χ3v) is 3.15. The average Bonchev–Trinajstić information content (AvgIpc) is 2.16. The zero-order valence-corrected chi connectivity index (χ0v) is 9.23. The second-order valence-electron chi connectivity index (χ2n) is 2.95. The molecule has 0 fully saturated rings. The van der Waals surface area contributed by atoms with Crippen LogP contribution in [0, 0.1) is 5.92 Å². The van der Waals surface area contributed by atoms with Crippen LogP contribution in [0.4, 0.5) is 0 Å². The van der Waals surface area contributed by atoms with Gasteiger partial charge < -0.3 is 11.1 Å². The maximum atomic E-state index is 11.1. The molecule has 0 aliphatic rings. The molecule has 0 aromatic rings. The Balaban J connectivity index is 3.81. The number of nitrogens with two attached hydrogens (primary N) is 1. The van der Waals surface area contributed by atoms with Crippen LogP contribution in [0.5, 0.6) is 0 Å². The molecular formula is C7H17N3O3S. The number of sulfonamides is 1. The topological polar surface area (TPSA) is 101 Å². The summed E-state index contributed by atoms with van der Waals surface area (Å²) >= 11 is 0. The first-order valence-electron chi connectivity index (χ1n) is 4.32. The summed E-state index contributed by atoms with van der Waals surface area (Å²) in [5, 5.41) is 2.49. The van der Waals surface area contributed by atoms with Gasteiger partial charge in [-0.25, -0.2) is 13.1 Å². The Hall–Kier alpha value is -0.660. The van der Waals surface area contributed by atoms with E-state index in [0.29, 0.717) is 0 Å². The minimum Gasteiger partial charge on any atom is -0.355 e. The third kappa shape index (κ3) is 5.15. The zero-order valence-electron chi connectivity index (χ0n) is 8.41. The molecule has 1 amide bonds. The van der Waals surface area contributed by atoms with Crippen LogP contribution in [0.15, 0.2) is 0 Å². The third-order valence-electron chi connectivity index (χ3n) is 1.78. The van der Waals surface area contributed by atoms with Gasteiger partial charge >= 0.3 is 0 Å². The maximum absolute atomic E-state index is 11.1. The minimum atomic E-state index is -3.24. The van der Waals surface area contributed by atoms with Crippen LogP contribution < -0.4 is 15.8 Å². The molecule has 7 heteroatoms. The van der Waals surface area contributed by atoms with E-state index in [1.807, 2.05) is 0 Å². The predicted molar refractivity (Wildman–Crippen MR) is 54.1 cm³/mol. The number of hydrogen-bond donors (Lipinski definition) is 3. The number of nitrogens with one attached hydrogen (secondary N) is 2. The highest BCUT2D eigenvalue weighted by molar-refractivity contribution is 7.89. The molecule has 0 saturated heterocycles. The largest absolute Gasteiger partial charge is 0.355 e. The molecule has 1 atom stereocenters. The van der Waals surface area contributed by atoms with Crippen molar-refractivity contribution < 1.29 is 13.2 Å². The van der Waals surface area contributed by atoms with Crippen molar-refractivity contribution in [3.05, 3.63) is 0 Å². The normalized spacial score (nSPS) is 13.6. The van der Waals surface area contributed by atoms with Gasteiger partial charge in [-0.2, -0.15) is 0 Å². The summed E-state index contributed by atoms with van der Waals surface area (Å²) in [4.78, 5) is 11.1. The van der Waals surface area contributed by atoms with Gasteiger partial charge in [-0.1, -0.05) is 6.92 Å². The van der Waals surface area contributed by atoms with Gasteiger partial charge in [0.25, 0.3) is 0 Å². The SMILES string of the molecule is CNS(=O)(=O)CCNC(=O)C(C)CN. The molecule has 0 aliphatic heterocycles. The standard InChI is InChI=1S/C7H17N3O3S/c1-6(5-8)7(11)10-3-4-14(12,13)9-2/h6,9H,3-5,8H2,1-2H3,(H,10,11). The van der Waals surface area contributed by atoms with Crippen molar-refractivity contribution >= 4 is 15.9 Å². The number of rotatable bonds is 6. The summed E-state index contributed by atoms with van der Waals surface area (Å²) in [6.07, 6.45) is 0. The molecule has 4 N–H and O–H groups in total. The summed E-state index contributed by atoms with van der Waals surface area (Å²) in [5.74, 6) is -0.627. The molecule has 0 rings (SSSR count). The van der Waals surface area contributed by atoms with Gasteiger partial charge in [0.1, 0.15) is 0 Å². The van der Waals surface area contributed by atoms with E-state index in [-0.39, 0.29) is 30.7 Å². The summed E-state index contributed by atoms with van der Waals surface area (Å²) < 4.78 is 24.0. The first-order valence-corrected chi connectivity index (χ1v) is 5.97. The monoisotopic (exact) mass is 223 g/mol. The lowest BCUT2D eigenvalue weighted by atomic mass is 10.2. The number of amides is 1. The Morgan fingerprint density at radius 2 is 2.07 bits per heavy atom. The molecule has 14 heavy (non-hydrogen) atoms. The summed E-state index contributed by atoms with van der Waals surface area (Å²) in [5.41, 5.74) is 5.27. The molecule has 0 aliphatic carbocycles. The quantitative estimate of drug-likeness (QED) is 0.497. The van der Waals surface area contributed by atoms with Gasteiger partial charge in [0.05, 0.1) is 5.75 Å². The van der Waals surface area contributed by atoms with E-state index < -0.39 is 10.0 Å². The van der Waals surface area contributed by atoms with E-state index in [9.17, 15) is 13.2 Å². The summed E-state index contributed by atoms with van der Waals surface area (Å²) in [6, 6.07) is 0. The molecule has 0 heterocycles. The molecular weight excluding hydrogens is 206 g/mol. The molecule has 84 valence electrons. The summed E-state index contributed by atoms with van der Waals surface area (Å²) in [6.45, 7) is 2.04. The summed E-state index contributed by atoms with van der Waals surface area (Å²) in [7, 11) is -1.91. The smallest absolute Gasteiger partial charge is 0.224 e. The molecule has 0 aromatic heterocycles. The fourth-order valence-electron chi connectivity index (χ4n) is 0.692. The predicted octanol–water partition coefficient (Wildman–Crippen LogP) is -1.75. The Morgan fingerprint density at radius 3 is 2.50 bits per heavy atom. The van der Waals surface area contributed by atoms with Crippen molar-refractivity contribution in [3.8, 4) is 0 Å². The molecule has 6 nitrogen and oxygen atoms in total. The van der Waals surface area contributed by atoms with Gasteiger partial charge in [0.2, 0.25) is 15.9 Å². The molecule has 0 spiro atoms. The number of carbonyl (C=O) groups is 1. The fourth-order valence-corrected chi connectivity index (χ4v) is 1.27.